The number of carbonyl (C=O) groups excluding carboxylic acids is 1. The average molecular weight is 443 g/mol. The Balaban J connectivity index is 1.83. The minimum atomic E-state index is -0.150. The number of rotatable bonds is 5. The molecule has 2 saturated heterocycles. The topological polar surface area (TPSA) is 57.9 Å². The van der Waals surface area contributed by atoms with Crippen molar-refractivity contribution < 1.29 is 4.79 Å². The van der Waals surface area contributed by atoms with E-state index in [1.807, 2.05) is 19.1 Å². The van der Waals surface area contributed by atoms with Gasteiger partial charge in [-0.05, 0) is 50.3 Å². The molecule has 0 spiro atoms. The second-order valence-corrected chi connectivity index (χ2v) is 9.50. The van der Waals surface area contributed by atoms with E-state index in [0.717, 1.165) is 44.3 Å². The predicted molar refractivity (Wildman–Crippen MR) is 127 cm³/mol. The van der Waals surface area contributed by atoms with Crippen LogP contribution >= 0.6 is 24.0 Å². The molecule has 2 aromatic heterocycles. The number of thioether (sulfide) groups is 1. The maximum absolute atomic E-state index is 13.5. The molecule has 0 aliphatic carbocycles. The molecule has 0 atom stereocenters. The summed E-state index contributed by atoms with van der Waals surface area (Å²) in [5, 5.41) is 0. The van der Waals surface area contributed by atoms with E-state index in [9.17, 15) is 9.59 Å². The summed E-state index contributed by atoms with van der Waals surface area (Å²) in [4.78, 5) is 35.6. The second kappa shape index (κ2) is 8.89. The van der Waals surface area contributed by atoms with Gasteiger partial charge in [-0.1, -0.05) is 43.4 Å². The highest BCUT2D eigenvalue weighted by Crippen LogP contribution is 2.34. The summed E-state index contributed by atoms with van der Waals surface area (Å²) < 4.78 is 2.14. The van der Waals surface area contributed by atoms with Crippen LogP contribution in [0.5, 0.6) is 0 Å². The fourth-order valence-electron chi connectivity index (χ4n) is 3.86. The third kappa shape index (κ3) is 4.03. The number of carbonyl (C=O) groups is 1. The van der Waals surface area contributed by atoms with Crippen LogP contribution in [0.2, 0.25) is 0 Å². The maximum atomic E-state index is 13.5. The Labute approximate surface area is 186 Å². The molecule has 2 aliphatic heterocycles. The van der Waals surface area contributed by atoms with Crippen LogP contribution in [0, 0.1) is 6.92 Å². The van der Waals surface area contributed by atoms with Crippen molar-refractivity contribution in [2.75, 3.05) is 24.5 Å². The van der Waals surface area contributed by atoms with E-state index in [0.29, 0.717) is 32.8 Å². The number of aryl methyl sites for hydroxylation is 1. The van der Waals surface area contributed by atoms with Crippen molar-refractivity contribution in [2.45, 2.75) is 46.0 Å². The fraction of sp³-hybridized carbons (Fsp3) is 0.455. The van der Waals surface area contributed by atoms with Crippen molar-refractivity contribution in [3.63, 3.8) is 0 Å². The summed E-state index contributed by atoms with van der Waals surface area (Å²) in [7, 11) is 0. The van der Waals surface area contributed by atoms with Gasteiger partial charge in [-0.3, -0.25) is 18.9 Å². The van der Waals surface area contributed by atoms with Crippen molar-refractivity contribution in [3.05, 3.63) is 44.7 Å². The van der Waals surface area contributed by atoms with Gasteiger partial charge in [0, 0.05) is 25.8 Å². The van der Waals surface area contributed by atoms with Crippen LogP contribution in [-0.4, -0.2) is 44.1 Å². The Morgan fingerprint density at radius 3 is 2.70 bits per heavy atom. The third-order valence-electron chi connectivity index (χ3n) is 5.53. The van der Waals surface area contributed by atoms with Crippen LogP contribution in [-0.2, 0) is 4.79 Å². The summed E-state index contributed by atoms with van der Waals surface area (Å²) >= 11 is 6.70. The molecule has 30 heavy (non-hydrogen) atoms. The number of amides is 1. The molecule has 0 saturated carbocycles. The molecular weight excluding hydrogens is 416 g/mol. The van der Waals surface area contributed by atoms with Crippen LogP contribution in [0.1, 0.15) is 50.2 Å². The number of nitrogens with zero attached hydrogens (tertiary/aromatic N) is 4. The molecule has 6 nitrogen and oxygen atoms in total. The SMILES string of the molecule is CCCCN1C(=O)/C(=C\c2c(N3CCCCC3)nc3ccc(C)cn3c2=O)SC1=S. The van der Waals surface area contributed by atoms with Crippen molar-refractivity contribution in [2.24, 2.45) is 0 Å². The van der Waals surface area contributed by atoms with Gasteiger partial charge in [0.2, 0.25) is 0 Å². The van der Waals surface area contributed by atoms with Crippen LogP contribution in [0.15, 0.2) is 28.0 Å². The smallest absolute Gasteiger partial charge is 0.267 e. The number of unbranched alkanes of at least 4 members (excludes halogenated alkanes) is 1. The maximum Gasteiger partial charge on any atom is 0.267 e. The standard InChI is InChI=1S/C22H26N4O2S2/c1-3-4-12-25-21(28)17(30-22(25)29)13-16-19(24-10-6-5-7-11-24)23-18-9-8-15(2)14-26(18)20(16)27/h8-9,13-14H,3-7,10-12H2,1-2H3/b17-13+. The fourth-order valence-corrected chi connectivity index (χ4v) is 5.15. The molecule has 4 heterocycles. The first kappa shape index (κ1) is 21.1. The van der Waals surface area contributed by atoms with Gasteiger partial charge in [-0.15, -0.1) is 0 Å². The monoisotopic (exact) mass is 442 g/mol. The number of anilines is 1. The number of piperidine rings is 1. The van der Waals surface area contributed by atoms with E-state index < -0.39 is 0 Å². The summed E-state index contributed by atoms with van der Waals surface area (Å²) in [6.07, 6.45) is 8.74. The zero-order chi connectivity index (χ0) is 21.3. The molecule has 0 unspecified atom stereocenters. The molecule has 0 radical (unpaired) electrons. The van der Waals surface area contributed by atoms with Crippen molar-refractivity contribution >= 4 is 51.7 Å². The van der Waals surface area contributed by atoms with Gasteiger partial charge < -0.3 is 4.90 Å². The Morgan fingerprint density at radius 2 is 1.97 bits per heavy atom. The molecule has 0 aromatic carbocycles. The van der Waals surface area contributed by atoms with Gasteiger partial charge in [0.15, 0.2) is 0 Å². The van der Waals surface area contributed by atoms with Gasteiger partial charge in [-0.25, -0.2) is 4.98 Å². The first-order chi connectivity index (χ1) is 14.5. The number of hydrogen-bond acceptors (Lipinski definition) is 6. The minimum absolute atomic E-state index is 0.114. The molecule has 0 bridgehead atoms. The first-order valence-electron chi connectivity index (χ1n) is 10.5. The predicted octanol–water partition coefficient (Wildman–Crippen LogP) is 3.99. The van der Waals surface area contributed by atoms with Gasteiger partial charge in [0.1, 0.15) is 15.8 Å². The Morgan fingerprint density at radius 1 is 1.20 bits per heavy atom. The lowest BCUT2D eigenvalue weighted by Gasteiger charge is -2.29. The molecule has 8 heteroatoms. The highest BCUT2D eigenvalue weighted by Gasteiger charge is 2.32. The lowest BCUT2D eigenvalue weighted by atomic mass is 10.1. The number of thiocarbonyl (C=S) groups is 1. The number of pyridine rings is 1. The normalized spacial score (nSPS) is 18.8. The molecule has 158 valence electrons. The summed E-state index contributed by atoms with van der Waals surface area (Å²) in [5.74, 6) is 0.555. The summed E-state index contributed by atoms with van der Waals surface area (Å²) in [6, 6.07) is 3.83. The van der Waals surface area contributed by atoms with Gasteiger partial charge >= 0.3 is 0 Å². The van der Waals surface area contributed by atoms with Crippen LogP contribution in [0.25, 0.3) is 11.7 Å². The Kier molecular flexibility index (Phi) is 6.24. The van der Waals surface area contributed by atoms with Gasteiger partial charge in [0.05, 0.1) is 10.5 Å². The lowest BCUT2D eigenvalue weighted by Crippen LogP contribution is -2.33. The Bertz CT molecular complexity index is 1090. The zero-order valence-electron chi connectivity index (χ0n) is 17.4. The highest BCUT2D eigenvalue weighted by molar-refractivity contribution is 8.26. The molecule has 2 fully saturated rings. The highest BCUT2D eigenvalue weighted by atomic mass is 32.2. The van der Waals surface area contributed by atoms with E-state index in [1.165, 1.54) is 18.2 Å². The van der Waals surface area contributed by atoms with Crippen molar-refractivity contribution in [3.8, 4) is 0 Å². The Hall–Kier alpha value is -2.19. The molecule has 0 N–H and O–H groups in total. The van der Waals surface area contributed by atoms with Gasteiger partial charge in [-0.2, -0.15) is 0 Å². The molecule has 2 aromatic rings. The summed E-state index contributed by atoms with van der Waals surface area (Å²) in [6.45, 7) is 6.39. The van der Waals surface area contributed by atoms with Crippen molar-refractivity contribution in [1.29, 1.82) is 0 Å². The quantitative estimate of drug-likeness (QED) is 0.515. The lowest BCUT2D eigenvalue weighted by molar-refractivity contribution is -0.122. The third-order valence-corrected chi connectivity index (χ3v) is 6.90. The molecular formula is C22H26N4O2S2. The van der Waals surface area contributed by atoms with E-state index >= 15 is 0 Å². The number of fused-ring (bicyclic) bond motifs is 1. The second-order valence-electron chi connectivity index (χ2n) is 7.82. The van der Waals surface area contributed by atoms with Crippen LogP contribution in [0.3, 0.4) is 0 Å². The van der Waals surface area contributed by atoms with Crippen LogP contribution < -0.4 is 10.5 Å². The molecule has 2 aliphatic rings. The largest absolute Gasteiger partial charge is 0.356 e. The van der Waals surface area contributed by atoms with E-state index in [-0.39, 0.29) is 11.5 Å². The van der Waals surface area contributed by atoms with Crippen molar-refractivity contribution in [1.82, 2.24) is 14.3 Å². The zero-order valence-corrected chi connectivity index (χ0v) is 19.0. The van der Waals surface area contributed by atoms with E-state index in [2.05, 4.69) is 11.8 Å². The molecule has 1 amide bonds. The van der Waals surface area contributed by atoms with Gasteiger partial charge in [0.25, 0.3) is 11.5 Å². The summed E-state index contributed by atoms with van der Waals surface area (Å²) in [5.41, 5.74) is 1.92. The molecule has 4 rings (SSSR count). The van der Waals surface area contributed by atoms with E-state index in [4.69, 9.17) is 17.2 Å². The average Bonchev–Trinajstić information content (AvgIpc) is 3.02. The minimum Gasteiger partial charge on any atom is -0.356 e. The van der Waals surface area contributed by atoms with Crippen LogP contribution in [0.4, 0.5) is 5.82 Å². The number of hydrogen-bond donors (Lipinski definition) is 0. The number of aromatic nitrogens is 2. The first-order valence-corrected chi connectivity index (χ1v) is 11.8. The van der Waals surface area contributed by atoms with E-state index in [1.54, 1.807) is 21.6 Å².